The minimum atomic E-state index is -0.970. The average molecular weight is 271 g/mol. The van der Waals surface area contributed by atoms with E-state index in [4.69, 9.17) is 10.2 Å². The van der Waals surface area contributed by atoms with Gasteiger partial charge in [0.1, 0.15) is 0 Å². The van der Waals surface area contributed by atoms with Crippen molar-refractivity contribution in [2.75, 3.05) is 13.1 Å². The highest BCUT2D eigenvalue weighted by molar-refractivity contribution is 5.72. The monoisotopic (exact) mass is 271 g/mol. The van der Waals surface area contributed by atoms with E-state index in [1.807, 2.05) is 0 Å². The summed E-state index contributed by atoms with van der Waals surface area (Å²) in [6, 6.07) is 0.0194. The molecule has 5 heteroatoms. The molecule has 0 unspecified atom stereocenters. The maximum absolute atomic E-state index is 10.9. The van der Waals surface area contributed by atoms with Gasteiger partial charge in [0.15, 0.2) is 0 Å². The Morgan fingerprint density at radius 2 is 1.37 bits per heavy atom. The maximum Gasteiger partial charge on any atom is 0.317 e. The molecule has 1 fully saturated rings. The lowest BCUT2D eigenvalue weighted by molar-refractivity contribution is -0.144. The van der Waals surface area contributed by atoms with Gasteiger partial charge in [-0.25, -0.2) is 0 Å². The first-order valence-electron chi connectivity index (χ1n) is 6.68. The van der Waals surface area contributed by atoms with Crippen molar-refractivity contribution in [2.24, 2.45) is 10.8 Å². The molecule has 0 spiro atoms. The number of nitrogens with zero attached hydrogens (tertiary/aromatic N) is 1. The number of hydrogen-bond donors (Lipinski definition) is 2. The quantitative estimate of drug-likeness (QED) is 0.800. The first-order valence-corrected chi connectivity index (χ1v) is 6.68. The predicted molar refractivity (Wildman–Crippen MR) is 72.0 cm³/mol. The number of carboxylic acid groups (broad SMARTS) is 2. The zero-order valence-corrected chi connectivity index (χ0v) is 12.3. The Morgan fingerprint density at radius 1 is 1.00 bits per heavy atom. The van der Waals surface area contributed by atoms with Crippen LogP contribution in [0.5, 0.6) is 0 Å². The van der Waals surface area contributed by atoms with E-state index in [1.165, 1.54) is 0 Å². The largest absolute Gasteiger partial charge is 0.480 e. The molecule has 110 valence electrons. The molecule has 0 bridgehead atoms. The molecule has 0 aromatic carbocycles. The van der Waals surface area contributed by atoms with Crippen molar-refractivity contribution in [1.82, 2.24) is 4.90 Å². The smallest absolute Gasteiger partial charge is 0.317 e. The zero-order valence-electron chi connectivity index (χ0n) is 12.3. The van der Waals surface area contributed by atoms with Crippen LogP contribution in [0, 0.1) is 10.8 Å². The molecular formula is C14H25NO4. The Bertz CT molecular complexity index is 330. The van der Waals surface area contributed by atoms with Crippen LogP contribution in [0.4, 0.5) is 0 Å². The molecule has 0 radical (unpaired) electrons. The Hall–Kier alpha value is -1.10. The summed E-state index contributed by atoms with van der Waals surface area (Å²) in [6.45, 7) is 8.26. The average Bonchev–Trinajstić information content (AvgIpc) is 2.09. The predicted octanol–water partition coefficient (Wildman–Crippen LogP) is 2.06. The van der Waals surface area contributed by atoms with Crippen LogP contribution in [0.3, 0.4) is 0 Å². The summed E-state index contributed by atoms with van der Waals surface area (Å²) >= 11 is 0. The molecule has 1 aliphatic carbocycles. The molecule has 2 N–H and O–H groups in total. The van der Waals surface area contributed by atoms with Crippen LogP contribution >= 0.6 is 0 Å². The molecule has 5 nitrogen and oxygen atoms in total. The van der Waals surface area contributed by atoms with Gasteiger partial charge in [-0.3, -0.25) is 14.5 Å². The summed E-state index contributed by atoms with van der Waals surface area (Å²) in [4.78, 5) is 23.4. The Morgan fingerprint density at radius 3 is 1.68 bits per heavy atom. The third-order valence-corrected chi connectivity index (χ3v) is 3.73. The molecule has 0 amide bonds. The van der Waals surface area contributed by atoms with E-state index in [-0.39, 0.29) is 30.0 Å². The summed E-state index contributed by atoms with van der Waals surface area (Å²) < 4.78 is 0. The van der Waals surface area contributed by atoms with Crippen molar-refractivity contribution in [1.29, 1.82) is 0 Å². The Labute approximate surface area is 114 Å². The third kappa shape index (κ3) is 5.19. The van der Waals surface area contributed by atoms with E-state index in [9.17, 15) is 9.59 Å². The summed E-state index contributed by atoms with van der Waals surface area (Å²) in [5.74, 6) is -1.94. The van der Waals surface area contributed by atoms with Crippen LogP contribution in [0.15, 0.2) is 0 Å². The fourth-order valence-corrected chi connectivity index (χ4v) is 3.71. The standard InChI is InChI=1S/C14H25NO4/c1-13(2)5-10(6-14(3,4)9-13)15(7-11(16)17)8-12(18)19/h10H,5-9H2,1-4H3,(H,16,17)(H,18,19). The lowest BCUT2D eigenvalue weighted by Crippen LogP contribution is -2.49. The normalized spacial score (nSPS) is 22.4. The van der Waals surface area contributed by atoms with Crippen LogP contribution in [-0.4, -0.2) is 46.2 Å². The number of carboxylic acids is 2. The lowest BCUT2D eigenvalue weighted by Gasteiger charge is -2.48. The van der Waals surface area contributed by atoms with E-state index >= 15 is 0 Å². The summed E-state index contributed by atoms with van der Waals surface area (Å²) in [7, 11) is 0. The van der Waals surface area contributed by atoms with Crippen LogP contribution in [0.25, 0.3) is 0 Å². The molecule has 19 heavy (non-hydrogen) atoms. The number of rotatable bonds is 5. The van der Waals surface area contributed by atoms with E-state index in [0.717, 1.165) is 19.3 Å². The minimum absolute atomic E-state index is 0.0194. The van der Waals surface area contributed by atoms with Crippen molar-refractivity contribution in [3.05, 3.63) is 0 Å². The second kappa shape index (κ2) is 5.49. The van der Waals surface area contributed by atoms with Crippen molar-refractivity contribution in [2.45, 2.75) is 53.0 Å². The molecule has 0 heterocycles. The van der Waals surface area contributed by atoms with Gasteiger partial charge in [-0.05, 0) is 30.1 Å². The van der Waals surface area contributed by atoms with Gasteiger partial charge in [0.25, 0.3) is 0 Å². The molecule has 0 aromatic heterocycles. The topological polar surface area (TPSA) is 77.8 Å². The summed E-state index contributed by atoms with van der Waals surface area (Å²) in [6.07, 6.45) is 2.76. The molecule has 1 saturated carbocycles. The van der Waals surface area contributed by atoms with E-state index in [2.05, 4.69) is 27.7 Å². The van der Waals surface area contributed by atoms with E-state index in [1.54, 1.807) is 4.90 Å². The Balaban J connectivity index is 2.87. The summed E-state index contributed by atoms with van der Waals surface area (Å²) in [5, 5.41) is 17.9. The van der Waals surface area contributed by atoms with Gasteiger partial charge in [-0.1, -0.05) is 27.7 Å². The van der Waals surface area contributed by atoms with Crippen molar-refractivity contribution in [3.63, 3.8) is 0 Å². The number of hydrogen-bond acceptors (Lipinski definition) is 3. The molecule has 0 aromatic rings. The highest BCUT2D eigenvalue weighted by Crippen LogP contribution is 2.47. The van der Waals surface area contributed by atoms with Gasteiger partial charge >= 0.3 is 11.9 Å². The van der Waals surface area contributed by atoms with Gasteiger partial charge in [-0.15, -0.1) is 0 Å². The first-order chi connectivity index (χ1) is 8.51. The van der Waals surface area contributed by atoms with Gasteiger partial charge < -0.3 is 10.2 Å². The fourth-order valence-electron chi connectivity index (χ4n) is 3.71. The SMILES string of the molecule is CC1(C)CC(N(CC(=O)O)CC(=O)O)CC(C)(C)C1. The van der Waals surface area contributed by atoms with Crippen molar-refractivity contribution < 1.29 is 19.8 Å². The van der Waals surface area contributed by atoms with Crippen molar-refractivity contribution in [3.8, 4) is 0 Å². The third-order valence-electron chi connectivity index (χ3n) is 3.73. The number of carbonyl (C=O) groups is 2. The molecular weight excluding hydrogens is 246 g/mol. The lowest BCUT2D eigenvalue weighted by atomic mass is 9.63. The van der Waals surface area contributed by atoms with Crippen LogP contribution in [-0.2, 0) is 9.59 Å². The highest BCUT2D eigenvalue weighted by Gasteiger charge is 2.41. The molecule has 0 aliphatic heterocycles. The molecule has 0 atom stereocenters. The first kappa shape index (κ1) is 16.0. The molecule has 0 saturated heterocycles. The van der Waals surface area contributed by atoms with Gasteiger partial charge in [0.05, 0.1) is 13.1 Å². The van der Waals surface area contributed by atoms with Crippen LogP contribution in [0.1, 0.15) is 47.0 Å². The Kier molecular flexibility index (Phi) is 4.61. The van der Waals surface area contributed by atoms with Crippen LogP contribution in [0.2, 0.25) is 0 Å². The van der Waals surface area contributed by atoms with E-state index < -0.39 is 11.9 Å². The van der Waals surface area contributed by atoms with Gasteiger partial charge in [0.2, 0.25) is 0 Å². The highest BCUT2D eigenvalue weighted by atomic mass is 16.4. The van der Waals surface area contributed by atoms with Gasteiger partial charge in [-0.2, -0.15) is 0 Å². The van der Waals surface area contributed by atoms with Crippen LogP contribution < -0.4 is 0 Å². The zero-order chi connectivity index (χ0) is 14.8. The van der Waals surface area contributed by atoms with Gasteiger partial charge in [0, 0.05) is 6.04 Å². The minimum Gasteiger partial charge on any atom is -0.480 e. The second-order valence-electron chi connectivity index (χ2n) is 7.26. The fraction of sp³-hybridized carbons (Fsp3) is 0.857. The molecule has 1 rings (SSSR count). The second-order valence-corrected chi connectivity index (χ2v) is 7.26. The summed E-state index contributed by atoms with van der Waals surface area (Å²) in [5.41, 5.74) is 0.226. The maximum atomic E-state index is 10.9. The molecule has 1 aliphatic rings. The van der Waals surface area contributed by atoms with Crippen molar-refractivity contribution >= 4 is 11.9 Å². The number of aliphatic carboxylic acids is 2. The van der Waals surface area contributed by atoms with E-state index in [0.29, 0.717) is 0 Å².